The third kappa shape index (κ3) is 3.08. The molecule has 1 aliphatic heterocycles. The molecule has 1 aromatic carbocycles. The van der Waals surface area contributed by atoms with Crippen LogP contribution in [-0.4, -0.2) is 17.5 Å². The second kappa shape index (κ2) is 5.83. The van der Waals surface area contributed by atoms with E-state index in [9.17, 15) is 0 Å². The molecule has 0 amide bonds. The number of hydrogen-bond donors (Lipinski definition) is 0. The maximum Gasteiger partial charge on any atom is 0.0236 e. The van der Waals surface area contributed by atoms with Gasteiger partial charge in [-0.15, -0.1) is 0 Å². The summed E-state index contributed by atoms with van der Waals surface area (Å²) in [7, 11) is 0. The van der Waals surface area contributed by atoms with Gasteiger partial charge in [0.15, 0.2) is 0 Å². The van der Waals surface area contributed by atoms with Crippen molar-refractivity contribution in [3.63, 3.8) is 0 Å². The first-order valence-electron chi connectivity index (χ1n) is 6.28. The third-order valence-electron chi connectivity index (χ3n) is 3.52. The van der Waals surface area contributed by atoms with Crippen LogP contribution in [-0.2, 0) is 6.54 Å². The molecule has 0 spiro atoms. The topological polar surface area (TPSA) is 3.24 Å². The van der Waals surface area contributed by atoms with E-state index in [0.29, 0.717) is 0 Å². The van der Waals surface area contributed by atoms with Crippen LogP contribution in [0.2, 0.25) is 0 Å². The van der Waals surface area contributed by atoms with Crippen molar-refractivity contribution in [2.24, 2.45) is 0 Å². The molecular formula is C14H20BrN. The Hall–Kier alpha value is -0.340. The standard InChI is InChI=1S/C14H20BrN/c1-2-14-5-3-4-10-16(14)11-12-6-8-13(15)9-7-12/h6-9,14H,2-5,10-11H2,1H3. The fourth-order valence-electron chi connectivity index (χ4n) is 2.55. The maximum atomic E-state index is 3.48. The van der Waals surface area contributed by atoms with E-state index in [1.54, 1.807) is 0 Å². The van der Waals surface area contributed by atoms with Gasteiger partial charge in [0, 0.05) is 17.1 Å². The lowest BCUT2D eigenvalue weighted by Crippen LogP contribution is -2.38. The zero-order chi connectivity index (χ0) is 11.4. The Labute approximate surface area is 107 Å². The molecule has 1 aromatic rings. The Balaban J connectivity index is 1.99. The van der Waals surface area contributed by atoms with Gasteiger partial charge < -0.3 is 0 Å². The van der Waals surface area contributed by atoms with Gasteiger partial charge in [0.2, 0.25) is 0 Å². The molecule has 1 nitrogen and oxygen atoms in total. The first kappa shape index (κ1) is 12.1. The molecule has 0 N–H and O–H groups in total. The molecule has 1 atom stereocenters. The average molecular weight is 282 g/mol. The first-order chi connectivity index (χ1) is 7.79. The van der Waals surface area contributed by atoms with Crippen molar-refractivity contribution in [3.05, 3.63) is 34.3 Å². The lowest BCUT2D eigenvalue weighted by atomic mass is 9.99. The summed E-state index contributed by atoms with van der Waals surface area (Å²) in [4.78, 5) is 2.65. The van der Waals surface area contributed by atoms with Crippen LogP contribution >= 0.6 is 15.9 Å². The molecule has 0 radical (unpaired) electrons. The minimum atomic E-state index is 0.803. The van der Waals surface area contributed by atoms with E-state index >= 15 is 0 Å². The van der Waals surface area contributed by atoms with Gasteiger partial charge in [0.1, 0.15) is 0 Å². The van der Waals surface area contributed by atoms with Crippen LogP contribution in [0, 0.1) is 0 Å². The summed E-state index contributed by atoms with van der Waals surface area (Å²) in [6, 6.07) is 9.54. The smallest absolute Gasteiger partial charge is 0.0236 e. The van der Waals surface area contributed by atoms with Gasteiger partial charge >= 0.3 is 0 Å². The summed E-state index contributed by atoms with van der Waals surface area (Å²) in [5.74, 6) is 0. The Kier molecular flexibility index (Phi) is 4.42. The zero-order valence-corrected chi connectivity index (χ0v) is 11.5. The minimum absolute atomic E-state index is 0.803. The number of halogens is 1. The first-order valence-corrected chi connectivity index (χ1v) is 7.07. The van der Waals surface area contributed by atoms with E-state index in [0.717, 1.165) is 12.6 Å². The van der Waals surface area contributed by atoms with Crippen molar-refractivity contribution in [2.45, 2.75) is 45.2 Å². The van der Waals surface area contributed by atoms with Crippen molar-refractivity contribution < 1.29 is 0 Å². The van der Waals surface area contributed by atoms with Crippen LogP contribution in [0.25, 0.3) is 0 Å². The molecule has 88 valence electrons. The van der Waals surface area contributed by atoms with Crippen LogP contribution in [0.5, 0.6) is 0 Å². The van der Waals surface area contributed by atoms with Crippen LogP contribution in [0.15, 0.2) is 28.7 Å². The van der Waals surface area contributed by atoms with E-state index in [-0.39, 0.29) is 0 Å². The Bertz CT molecular complexity index is 320. The number of hydrogen-bond acceptors (Lipinski definition) is 1. The highest BCUT2D eigenvalue weighted by Crippen LogP contribution is 2.22. The summed E-state index contributed by atoms with van der Waals surface area (Å²) < 4.78 is 1.17. The molecule has 2 rings (SSSR count). The van der Waals surface area contributed by atoms with Crippen molar-refractivity contribution in [2.75, 3.05) is 6.54 Å². The lowest BCUT2D eigenvalue weighted by Gasteiger charge is -2.35. The highest BCUT2D eigenvalue weighted by molar-refractivity contribution is 9.10. The zero-order valence-electron chi connectivity index (χ0n) is 9.95. The van der Waals surface area contributed by atoms with Crippen molar-refractivity contribution >= 4 is 15.9 Å². The van der Waals surface area contributed by atoms with Crippen LogP contribution in [0.4, 0.5) is 0 Å². The molecule has 0 bridgehead atoms. The van der Waals surface area contributed by atoms with Gasteiger partial charge in [-0.3, -0.25) is 4.90 Å². The molecule has 1 fully saturated rings. The second-order valence-corrected chi connectivity index (χ2v) is 5.57. The summed E-state index contributed by atoms with van der Waals surface area (Å²) in [6.45, 7) is 4.70. The fraction of sp³-hybridized carbons (Fsp3) is 0.571. The molecule has 16 heavy (non-hydrogen) atoms. The molecular weight excluding hydrogens is 262 g/mol. The van der Waals surface area contributed by atoms with Gasteiger partial charge in [0.05, 0.1) is 0 Å². The van der Waals surface area contributed by atoms with Gasteiger partial charge in [-0.1, -0.05) is 41.4 Å². The highest BCUT2D eigenvalue weighted by atomic mass is 79.9. The number of piperidine rings is 1. The summed E-state index contributed by atoms with van der Waals surface area (Å²) in [5.41, 5.74) is 1.43. The van der Waals surface area contributed by atoms with Crippen LogP contribution in [0.1, 0.15) is 38.2 Å². The van der Waals surface area contributed by atoms with E-state index in [1.165, 1.54) is 42.3 Å². The number of benzene rings is 1. The molecule has 0 aliphatic carbocycles. The fourth-order valence-corrected chi connectivity index (χ4v) is 2.82. The molecule has 1 saturated heterocycles. The van der Waals surface area contributed by atoms with Crippen molar-refractivity contribution in [3.8, 4) is 0 Å². The predicted octanol–water partition coefficient (Wildman–Crippen LogP) is 4.21. The predicted molar refractivity (Wildman–Crippen MR) is 72.5 cm³/mol. The monoisotopic (exact) mass is 281 g/mol. The Morgan fingerprint density at radius 2 is 2.00 bits per heavy atom. The summed E-state index contributed by atoms with van der Waals surface area (Å²) in [6.07, 6.45) is 5.45. The summed E-state index contributed by atoms with van der Waals surface area (Å²) in [5, 5.41) is 0. The van der Waals surface area contributed by atoms with E-state index in [2.05, 4.69) is 52.0 Å². The van der Waals surface area contributed by atoms with E-state index in [1.807, 2.05) is 0 Å². The van der Waals surface area contributed by atoms with Gasteiger partial charge in [-0.2, -0.15) is 0 Å². The quantitative estimate of drug-likeness (QED) is 0.802. The molecule has 0 saturated carbocycles. The average Bonchev–Trinajstić information content (AvgIpc) is 2.33. The van der Waals surface area contributed by atoms with Gasteiger partial charge in [0.25, 0.3) is 0 Å². The SMILES string of the molecule is CCC1CCCCN1Cc1ccc(Br)cc1. The summed E-state index contributed by atoms with van der Waals surface area (Å²) >= 11 is 3.48. The van der Waals surface area contributed by atoms with Gasteiger partial charge in [-0.25, -0.2) is 0 Å². The molecule has 1 heterocycles. The Morgan fingerprint density at radius 3 is 2.69 bits per heavy atom. The third-order valence-corrected chi connectivity index (χ3v) is 4.05. The number of nitrogens with zero attached hydrogens (tertiary/aromatic N) is 1. The van der Waals surface area contributed by atoms with Crippen LogP contribution < -0.4 is 0 Å². The normalized spacial score (nSPS) is 22.2. The molecule has 1 unspecified atom stereocenters. The number of likely N-dealkylation sites (tertiary alicyclic amines) is 1. The Morgan fingerprint density at radius 1 is 1.25 bits per heavy atom. The second-order valence-electron chi connectivity index (χ2n) is 4.65. The highest BCUT2D eigenvalue weighted by Gasteiger charge is 2.20. The molecule has 2 heteroatoms. The van der Waals surface area contributed by atoms with Crippen LogP contribution in [0.3, 0.4) is 0 Å². The molecule has 0 aromatic heterocycles. The largest absolute Gasteiger partial charge is 0.296 e. The minimum Gasteiger partial charge on any atom is -0.296 e. The maximum absolute atomic E-state index is 3.48. The van der Waals surface area contributed by atoms with E-state index < -0.39 is 0 Å². The molecule has 1 aliphatic rings. The van der Waals surface area contributed by atoms with E-state index in [4.69, 9.17) is 0 Å². The number of rotatable bonds is 3. The van der Waals surface area contributed by atoms with Gasteiger partial charge in [-0.05, 0) is 43.5 Å². The van der Waals surface area contributed by atoms with Crippen molar-refractivity contribution in [1.82, 2.24) is 4.90 Å². The van der Waals surface area contributed by atoms with Crippen molar-refractivity contribution in [1.29, 1.82) is 0 Å². The lowest BCUT2D eigenvalue weighted by molar-refractivity contribution is 0.136.